The summed E-state index contributed by atoms with van der Waals surface area (Å²) in [5.41, 5.74) is 1.16. The highest BCUT2D eigenvalue weighted by atomic mass is 16.1. The van der Waals surface area contributed by atoms with Crippen molar-refractivity contribution in [2.24, 2.45) is 5.41 Å². The summed E-state index contributed by atoms with van der Waals surface area (Å²) in [5.74, 6) is 0.124. The molecule has 1 unspecified atom stereocenters. The molecule has 1 amide bonds. The van der Waals surface area contributed by atoms with Gasteiger partial charge in [-0.15, -0.1) is 0 Å². The van der Waals surface area contributed by atoms with Gasteiger partial charge in [-0.05, 0) is 31.0 Å². The second-order valence-corrected chi connectivity index (χ2v) is 5.98. The van der Waals surface area contributed by atoms with Gasteiger partial charge in [-0.25, -0.2) is 0 Å². The van der Waals surface area contributed by atoms with Gasteiger partial charge in [0, 0.05) is 6.42 Å². The van der Waals surface area contributed by atoms with E-state index in [2.05, 4.69) is 43.5 Å². The molecule has 1 atom stereocenters. The lowest BCUT2D eigenvalue weighted by molar-refractivity contribution is -0.122. The van der Waals surface area contributed by atoms with Gasteiger partial charge < -0.3 is 10.6 Å². The van der Waals surface area contributed by atoms with Crippen LogP contribution in [0.2, 0.25) is 0 Å². The number of nitrogens with one attached hydrogen (secondary N) is 2. The second-order valence-electron chi connectivity index (χ2n) is 5.98. The van der Waals surface area contributed by atoms with Crippen molar-refractivity contribution in [3.05, 3.63) is 35.9 Å². The Morgan fingerprint density at radius 2 is 1.84 bits per heavy atom. The zero-order valence-corrected chi connectivity index (χ0v) is 12.5. The number of rotatable bonds is 6. The molecular weight excluding hydrogens is 236 g/mol. The molecule has 1 rings (SSSR count). The normalized spacial score (nSPS) is 13.1. The molecule has 3 nitrogen and oxygen atoms in total. The van der Waals surface area contributed by atoms with Gasteiger partial charge in [0.15, 0.2) is 0 Å². The number of hydrogen-bond acceptors (Lipinski definition) is 2. The highest BCUT2D eigenvalue weighted by molar-refractivity contribution is 5.76. The van der Waals surface area contributed by atoms with E-state index in [1.165, 1.54) is 0 Å². The summed E-state index contributed by atoms with van der Waals surface area (Å²) in [4.78, 5) is 12.0. The summed E-state index contributed by atoms with van der Waals surface area (Å²) in [5, 5.41) is 6.22. The lowest BCUT2D eigenvalue weighted by atomic mass is 9.82. The van der Waals surface area contributed by atoms with E-state index in [-0.39, 0.29) is 17.4 Å². The van der Waals surface area contributed by atoms with Crippen molar-refractivity contribution in [2.45, 2.75) is 39.7 Å². The first kappa shape index (κ1) is 15.7. The van der Waals surface area contributed by atoms with Crippen molar-refractivity contribution in [3.63, 3.8) is 0 Å². The molecule has 0 spiro atoms. The third-order valence-electron chi connectivity index (χ3n) is 3.13. The molecule has 106 valence electrons. The number of amides is 1. The maximum Gasteiger partial charge on any atom is 0.220 e. The average molecular weight is 262 g/mol. The summed E-state index contributed by atoms with van der Waals surface area (Å²) in [6.07, 6.45) is 1.44. The molecule has 0 aromatic heterocycles. The zero-order valence-electron chi connectivity index (χ0n) is 12.5. The van der Waals surface area contributed by atoms with Crippen LogP contribution in [0.25, 0.3) is 0 Å². The van der Waals surface area contributed by atoms with E-state index in [1.54, 1.807) is 0 Å². The molecule has 0 bridgehead atoms. The van der Waals surface area contributed by atoms with Crippen LogP contribution in [0.3, 0.4) is 0 Å². The quantitative estimate of drug-likeness (QED) is 0.774. The average Bonchev–Trinajstić information content (AvgIpc) is 2.36. The number of carbonyl (C=O) groups is 1. The first-order chi connectivity index (χ1) is 8.95. The fraction of sp³-hybridized carbons (Fsp3) is 0.562. The van der Waals surface area contributed by atoms with Crippen LogP contribution in [-0.4, -0.2) is 19.5 Å². The monoisotopic (exact) mass is 262 g/mol. The van der Waals surface area contributed by atoms with Crippen LogP contribution < -0.4 is 10.6 Å². The summed E-state index contributed by atoms with van der Waals surface area (Å²) < 4.78 is 0. The number of benzene rings is 1. The van der Waals surface area contributed by atoms with Crippen LogP contribution in [0.1, 0.15) is 45.2 Å². The maximum absolute atomic E-state index is 12.0. The highest BCUT2D eigenvalue weighted by Crippen LogP contribution is 2.32. The molecule has 0 saturated heterocycles. The fourth-order valence-electron chi connectivity index (χ4n) is 2.10. The number of hydrogen-bond donors (Lipinski definition) is 2. The Morgan fingerprint density at radius 3 is 2.37 bits per heavy atom. The van der Waals surface area contributed by atoms with Gasteiger partial charge in [-0.3, -0.25) is 4.79 Å². The minimum absolute atomic E-state index is 0.0000195. The maximum atomic E-state index is 12.0. The van der Waals surface area contributed by atoms with E-state index in [9.17, 15) is 4.79 Å². The molecule has 1 aromatic rings. The van der Waals surface area contributed by atoms with Gasteiger partial charge in [0.1, 0.15) is 0 Å². The fourth-order valence-corrected chi connectivity index (χ4v) is 2.10. The lowest BCUT2D eigenvalue weighted by Crippen LogP contribution is -2.36. The first-order valence-corrected chi connectivity index (χ1v) is 6.94. The summed E-state index contributed by atoms with van der Waals surface area (Å²) in [7, 11) is 1.90. The van der Waals surface area contributed by atoms with Crippen LogP contribution in [0.5, 0.6) is 0 Å². The van der Waals surface area contributed by atoms with E-state index >= 15 is 0 Å². The molecule has 0 aliphatic carbocycles. The van der Waals surface area contributed by atoms with Crippen LogP contribution in [0.15, 0.2) is 30.3 Å². The van der Waals surface area contributed by atoms with Crippen molar-refractivity contribution in [1.82, 2.24) is 10.6 Å². The van der Waals surface area contributed by atoms with Gasteiger partial charge >= 0.3 is 0 Å². The van der Waals surface area contributed by atoms with Crippen molar-refractivity contribution in [2.75, 3.05) is 13.6 Å². The Balaban J connectivity index is 2.69. The standard InChI is InChI=1S/C16H26N2O/c1-16(2,3)15(13-9-6-5-7-10-13)18-14(19)11-8-12-17-4/h5-7,9-10,15,17H,8,11-12H2,1-4H3,(H,18,19). The van der Waals surface area contributed by atoms with E-state index in [0.717, 1.165) is 18.5 Å². The molecule has 2 N–H and O–H groups in total. The molecule has 0 heterocycles. The van der Waals surface area contributed by atoms with E-state index in [1.807, 2.05) is 25.2 Å². The predicted octanol–water partition coefficient (Wildman–Crippen LogP) is 2.89. The minimum atomic E-state index is 0.0000195. The summed E-state index contributed by atoms with van der Waals surface area (Å²) in [6.45, 7) is 7.33. The van der Waals surface area contributed by atoms with Crippen LogP contribution in [0.4, 0.5) is 0 Å². The summed E-state index contributed by atoms with van der Waals surface area (Å²) >= 11 is 0. The summed E-state index contributed by atoms with van der Waals surface area (Å²) in [6, 6.07) is 10.2. The Kier molecular flexibility index (Phi) is 6.03. The molecule has 1 aromatic carbocycles. The van der Waals surface area contributed by atoms with Crippen molar-refractivity contribution < 1.29 is 4.79 Å². The molecule has 0 aliphatic rings. The van der Waals surface area contributed by atoms with E-state index < -0.39 is 0 Å². The molecule has 0 saturated carbocycles. The van der Waals surface area contributed by atoms with Crippen molar-refractivity contribution in [1.29, 1.82) is 0 Å². The molecule has 0 radical (unpaired) electrons. The van der Waals surface area contributed by atoms with Gasteiger partial charge in [0.25, 0.3) is 0 Å². The van der Waals surface area contributed by atoms with Crippen LogP contribution in [0, 0.1) is 5.41 Å². The third kappa shape index (κ3) is 5.43. The van der Waals surface area contributed by atoms with Gasteiger partial charge in [-0.1, -0.05) is 51.1 Å². The predicted molar refractivity (Wildman–Crippen MR) is 79.9 cm³/mol. The second kappa shape index (κ2) is 7.29. The Bertz CT molecular complexity index is 381. The van der Waals surface area contributed by atoms with Gasteiger partial charge in [0.2, 0.25) is 5.91 Å². The van der Waals surface area contributed by atoms with Crippen LogP contribution >= 0.6 is 0 Å². The molecular formula is C16H26N2O. The van der Waals surface area contributed by atoms with Crippen LogP contribution in [-0.2, 0) is 4.79 Å². The first-order valence-electron chi connectivity index (χ1n) is 6.94. The zero-order chi connectivity index (χ0) is 14.3. The van der Waals surface area contributed by atoms with Gasteiger partial charge in [0.05, 0.1) is 6.04 Å². The van der Waals surface area contributed by atoms with Gasteiger partial charge in [-0.2, -0.15) is 0 Å². The SMILES string of the molecule is CNCCCC(=O)NC(c1ccccc1)C(C)(C)C. The smallest absolute Gasteiger partial charge is 0.220 e. The van der Waals surface area contributed by atoms with Crippen molar-refractivity contribution in [3.8, 4) is 0 Å². The molecule has 3 heteroatoms. The van der Waals surface area contributed by atoms with Crippen molar-refractivity contribution >= 4 is 5.91 Å². The topological polar surface area (TPSA) is 41.1 Å². The Morgan fingerprint density at radius 1 is 1.21 bits per heavy atom. The Hall–Kier alpha value is -1.35. The highest BCUT2D eigenvalue weighted by Gasteiger charge is 2.27. The van der Waals surface area contributed by atoms with E-state index in [0.29, 0.717) is 6.42 Å². The minimum Gasteiger partial charge on any atom is -0.349 e. The molecule has 0 fully saturated rings. The van der Waals surface area contributed by atoms with E-state index in [4.69, 9.17) is 0 Å². The molecule has 19 heavy (non-hydrogen) atoms. The Labute approximate surface area is 116 Å². The third-order valence-corrected chi connectivity index (χ3v) is 3.13. The largest absolute Gasteiger partial charge is 0.349 e. The lowest BCUT2D eigenvalue weighted by Gasteiger charge is -2.32. The molecule has 0 aliphatic heterocycles. The number of carbonyl (C=O) groups excluding carboxylic acids is 1.